The molecule has 3 nitrogen and oxygen atoms in total. The van der Waals surface area contributed by atoms with E-state index in [0.717, 1.165) is 5.56 Å². The number of nitrogens with zero attached hydrogens (tertiary/aromatic N) is 1. The molecule has 0 aliphatic heterocycles. The van der Waals surface area contributed by atoms with Crippen molar-refractivity contribution in [2.75, 3.05) is 0 Å². The maximum absolute atomic E-state index is 10.3. The van der Waals surface area contributed by atoms with Crippen LogP contribution >= 0.6 is 11.6 Å². The number of nitro benzene ring substituents is 1. The smallest absolute Gasteiger partial charge is 0.258 e. The van der Waals surface area contributed by atoms with Crippen molar-refractivity contribution in [2.24, 2.45) is 0 Å². The highest BCUT2D eigenvalue weighted by Gasteiger charge is 2.10. The van der Waals surface area contributed by atoms with Crippen LogP contribution in [-0.4, -0.2) is 4.92 Å². The van der Waals surface area contributed by atoms with E-state index in [1.807, 2.05) is 13.8 Å². The van der Waals surface area contributed by atoms with Gasteiger partial charge < -0.3 is 0 Å². The van der Waals surface area contributed by atoms with E-state index in [-0.39, 0.29) is 10.7 Å². The summed E-state index contributed by atoms with van der Waals surface area (Å²) < 4.78 is 0. The number of halogens is 1. The Kier molecular flexibility index (Phi) is 5.07. The third kappa shape index (κ3) is 3.42. The molecule has 4 heteroatoms. The first-order valence-electron chi connectivity index (χ1n) is 4.02. The predicted molar refractivity (Wildman–Crippen MR) is 54.2 cm³/mol. The molecule has 0 saturated heterocycles. The van der Waals surface area contributed by atoms with Gasteiger partial charge in [-0.05, 0) is 18.6 Å². The zero-order valence-corrected chi connectivity index (χ0v) is 8.63. The SMILES string of the molecule is CC.Cc1ccc(Cl)c([N+](=O)[O-])c1. The van der Waals surface area contributed by atoms with Crippen LogP contribution in [0.4, 0.5) is 5.69 Å². The Morgan fingerprint density at radius 3 is 2.31 bits per heavy atom. The fourth-order valence-electron chi connectivity index (χ4n) is 0.763. The predicted octanol–water partition coefficient (Wildman–Crippen LogP) is 3.58. The van der Waals surface area contributed by atoms with Gasteiger partial charge >= 0.3 is 0 Å². The van der Waals surface area contributed by atoms with Crippen molar-refractivity contribution in [3.63, 3.8) is 0 Å². The van der Waals surface area contributed by atoms with E-state index in [4.69, 9.17) is 11.6 Å². The van der Waals surface area contributed by atoms with Crippen molar-refractivity contribution in [3.05, 3.63) is 38.9 Å². The van der Waals surface area contributed by atoms with Crippen LogP contribution in [0.2, 0.25) is 5.02 Å². The van der Waals surface area contributed by atoms with Crippen LogP contribution in [0.5, 0.6) is 0 Å². The lowest BCUT2D eigenvalue weighted by molar-refractivity contribution is -0.384. The summed E-state index contributed by atoms with van der Waals surface area (Å²) in [5.41, 5.74) is 0.799. The number of hydrogen-bond donors (Lipinski definition) is 0. The Balaban J connectivity index is 0.000000671. The van der Waals surface area contributed by atoms with Crippen molar-refractivity contribution in [3.8, 4) is 0 Å². The molecule has 0 fully saturated rings. The van der Waals surface area contributed by atoms with Gasteiger partial charge in [-0.2, -0.15) is 0 Å². The van der Waals surface area contributed by atoms with Crippen molar-refractivity contribution in [1.29, 1.82) is 0 Å². The third-order valence-corrected chi connectivity index (χ3v) is 1.62. The molecule has 0 bridgehead atoms. The van der Waals surface area contributed by atoms with Crippen LogP contribution in [0, 0.1) is 17.0 Å². The zero-order chi connectivity index (χ0) is 10.4. The van der Waals surface area contributed by atoms with E-state index in [9.17, 15) is 10.1 Å². The number of nitro groups is 1. The molecular weight excluding hydrogens is 190 g/mol. The molecule has 0 radical (unpaired) electrons. The monoisotopic (exact) mass is 201 g/mol. The standard InChI is InChI=1S/C7H6ClNO2.C2H6/c1-5-2-3-6(8)7(4-5)9(10)11;1-2/h2-4H,1H3;1-2H3. The van der Waals surface area contributed by atoms with Gasteiger partial charge in [-0.3, -0.25) is 10.1 Å². The van der Waals surface area contributed by atoms with Crippen LogP contribution in [-0.2, 0) is 0 Å². The molecule has 0 saturated carbocycles. The number of rotatable bonds is 1. The normalized spacial score (nSPS) is 8.62. The van der Waals surface area contributed by atoms with E-state index >= 15 is 0 Å². The van der Waals surface area contributed by atoms with Crippen molar-refractivity contribution < 1.29 is 4.92 Å². The second kappa shape index (κ2) is 5.54. The lowest BCUT2D eigenvalue weighted by Crippen LogP contribution is -1.89. The van der Waals surface area contributed by atoms with Crippen LogP contribution in [0.25, 0.3) is 0 Å². The molecule has 0 aliphatic carbocycles. The van der Waals surface area contributed by atoms with Crippen LogP contribution in [0.3, 0.4) is 0 Å². The minimum atomic E-state index is -0.491. The zero-order valence-electron chi connectivity index (χ0n) is 7.87. The van der Waals surface area contributed by atoms with Crippen molar-refractivity contribution in [1.82, 2.24) is 0 Å². The molecule has 0 atom stereocenters. The lowest BCUT2D eigenvalue weighted by atomic mass is 10.2. The highest BCUT2D eigenvalue weighted by atomic mass is 35.5. The molecular formula is C9H12ClNO2. The summed E-state index contributed by atoms with van der Waals surface area (Å²) in [7, 11) is 0. The van der Waals surface area contributed by atoms with Crippen LogP contribution in [0.15, 0.2) is 18.2 Å². The quantitative estimate of drug-likeness (QED) is 0.515. The number of aryl methyl sites for hydroxylation is 1. The topological polar surface area (TPSA) is 43.1 Å². The Bertz CT molecular complexity index is 300. The summed E-state index contributed by atoms with van der Waals surface area (Å²) in [6.07, 6.45) is 0. The van der Waals surface area contributed by atoms with Gasteiger partial charge in [-0.15, -0.1) is 0 Å². The first kappa shape index (κ1) is 11.9. The molecule has 1 aromatic rings. The van der Waals surface area contributed by atoms with E-state index in [1.165, 1.54) is 12.1 Å². The van der Waals surface area contributed by atoms with Gasteiger partial charge in [-0.25, -0.2) is 0 Å². The van der Waals surface area contributed by atoms with E-state index in [2.05, 4.69) is 0 Å². The van der Waals surface area contributed by atoms with Gasteiger partial charge in [0.2, 0.25) is 0 Å². The first-order valence-corrected chi connectivity index (χ1v) is 4.39. The summed E-state index contributed by atoms with van der Waals surface area (Å²) in [5, 5.41) is 10.5. The molecule has 72 valence electrons. The second-order valence-electron chi connectivity index (χ2n) is 2.21. The van der Waals surface area contributed by atoms with Gasteiger partial charge in [0.25, 0.3) is 5.69 Å². The molecule has 0 unspecified atom stereocenters. The molecule has 1 rings (SSSR count). The Labute approximate surface area is 82.5 Å². The average molecular weight is 202 g/mol. The molecule has 0 aromatic heterocycles. The summed E-state index contributed by atoms with van der Waals surface area (Å²) in [4.78, 5) is 9.80. The largest absolute Gasteiger partial charge is 0.288 e. The van der Waals surface area contributed by atoms with Gasteiger partial charge in [0.1, 0.15) is 5.02 Å². The van der Waals surface area contributed by atoms with Gasteiger partial charge in [0.15, 0.2) is 0 Å². The highest BCUT2D eigenvalue weighted by molar-refractivity contribution is 6.32. The number of hydrogen-bond acceptors (Lipinski definition) is 2. The van der Waals surface area contributed by atoms with Crippen molar-refractivity contribution >= 4 is 17.3 Å². The summed E-state index contributed by atoms with van der Waals surface area (Å²) in [5.74, 6) is 0. The van der Waals surface area contributed by atoms with Crippen molar-refractivity contribution in [2.45, 2.75) is 20.8 Å². The van der Waals surface area contributed by atoms with E-state index in [0.29, 0.717) is 0 Å². The average Bonchev–Trinajstić information content (AvgIpc) is 2.12. The van der Waals surface area contributed by atoms with Gasteiger partial charge in [0, 0.05) is 6.07 Å². The molecule has 0 heterocycles. The highest BCUT2D eigenvalue weighted by Crippen LogP contribution is 2.24. The minimum absolute atomic E-state index is 0.0355. The Morgan fingerprint density at radius 2 is 1.92 bits per heavy atom. The van der Waals surface area contributed by atoms with Crippen LogP contribution in [0.1, 0.15) is 19.4 Å². The lowest BCUT2D eigenvalue weighted by Gasteiger charge is -1.94. The summed E-state index contributed by atoms with van der Waals surface area (Å²) >= 11 is 5.55. The maximum Gasteiger partial charge on any atom is 0.288 e. The molecule has 0 amide bonds. The third-order valence-electron chi connectivity index (χ3n) is 1.30. The Morgan fingerprint density at radius 1 is 1.38 bits per heavy atom. The van der Waals surface area contributed by atoms with E-state index < -0.39 is 4.92 Å². The minimum Gasteiger partial charge on any atom is -0.258 e. The molecule has 13 heavy (non-hydrogen) atoms. The molecule has 1 aromatic carbocycles. The second-order valence-corrected chi connectivity index (χ2v) is 2.62. The summed E-state index contributed by atoms with van der Waals surface area (Å²) in [6, 6.07) is 4.70. The fourth-order valence-corrected chi connectivity index (χ4v) is 0.949. The van der Waals surface area contributed by atoms with E-state index in [1.54, 1.807) is 13.0 Å². The molecule has 0 N–H and O–H groups in total. The maximum atomic E-state index is 10.3. The Hall–Kier alpha value is -1.09. The first-order chi connectivity index (χ1) is 6.11. The van der Waals surface area contributed by atoms with Crippen LogP contribution < -0.4 is 0 Å². The van der Waals surface area contributed by atoms with Gasteiger partial charge in [-0.1, -0.05) is 31.5 Å². The molecule has 0 aliphatic rings. The number of benzene rings is 1. The summed E-state index contributed by atoms with van der Waals surface area (Å²) in [6.45, 7) is 5.78. The molecule has 0 spiro atoms. The van der Waals surface area contributed by atoms with Gasteiger partial charge in [0.05, 0.1) is 4.92 Å². The fraction of sp³-hybridized carbons (Fsp3) is 0.333.